The van der Waals surface area contributed by atoms with Gasteiger partial charge in [-0.25, -0.2) is 13.2 Å². The summed E-state index contributed by atoms with van der Waals surface area (Å²) in [5.74, 6) is 0. The number of halogens is 1. The third kappa shape index (κ3) is 3.74. The summed E-state index contributed by atoms with van der Waals surface area (Å²) in [5.41, 5.74) is 0. The first-order valence-corrected chi connectivity index (χ1v) is 10.1. The van der Waals surface area contributed by atoms with Gasteiger partial charge in [0.2, 0.25) is 10.0 Å². The third-order valence-corrected chi connectivity index (χ3v) is 6.61. The second kappa shape index (κ2) is 7.38. The molecule has 0 bridgehead atoms. The monoisotopic (exact) mass is 417 g/mol. The van der Waals surface area contributed by atoms with E-state index in [1.807, 2.05) is 0 Å². The van der Waals surface area contributed by atoms with Crippen LogP contribution in [0.15, 0.2) is 33.6 Å². The SMILES string of the molecule is O=C(N1CCOCC1)N1CCN(S(=O)(=O)c2cccc(Br)c2)CC1. The van der Waals surface area contributed by atoms with E-state index in [4.69, 9.17) is 4.74 Å². The number of ether oxygens (including phenoxy) is 1. The number of amides is 2. The molecule has 0 spiro atoms. The molecule has 0 N–H and O–H groups in total. The summed E-state index contributed by atoms with van der Waals surface area (Å²) in [6.07, 6.45) is 0. The molecule has 0 saturated carbocycles. The van der Waals surface area contributed by atoms with Crippen molar-refractivity contribution in [2.45, 2.75) is 4.90 Å². The lowest BCUT2D eigenvalue weighted by Crippen LogP contribution is -2.55. The molecule has 2 aliphatic rings. The average Bonchev–Trinajstić information content (AvgIpc) is 2.62. The van der Waals surface area contributed by atoms with Gasteiger partial charge >= 0.3 is 6.03 Å². The highest BCUT2D eigenvalue weighted by atomic mass is 79.9. The van der Waals surface area contributed by atoms with E-state index in [-0.39, 0.29) is 10.9 Å². The molecule has 2 aliphatic heterocycles. The van der Waals surface area contributed by atoms with Crippen molar-refractivity contribution in [3.05, 3.63) is 28.7 Å². The Bertz CT molecular complexity index is 698. The van der Waals surface area contributed by atoms with Gasteiger partial charge < -0.3 is 14.5 Å². The highest BCUT2D eigenvalue weighted by Gasteiger charge is 2.32. The molecule has 2 amide bonds. The van der Waals surface area contributed by atoms with Gasteiger partial charge in [-0.2, -0.15) is 4.31 Å². The minimum atomic E-state index is -3.53. The molecule has 0 unspecified atom stereocenters. The maximum absolute atomic E-state index is 12.7. The van der Waals surface area contributed by atoms with E-state index in [1.165, 1.54) is 4.31 Å². The lowest BCUT2D eigenvalue weighted by Gasteiger charge is -2.38. The Morgan fingerprint density at radius 2 is 1.62 bits per heavy atom. The van der Waals surface area contributed by atoms with Crippen molar-refractivity contribution in [2.24, 2.45) is 0 Å². The van der Waals surface area contributed by atoms with Crippen LogP contribution in [0.25, 0.3) is 0 Å². The number of hydrogen-bond acceptors (Lipinski definition) is 4. The quantitative estimate of drug-likeness (QED) is 0.724. The first-order valence-electron chi connectivity index (χ1n) is 7.86. The standard InChI is InChI=1S/C15H20BrN3O4S/c16-13-2-1-3-14(12-13)24(21,22)19-6-4-17(5-7-19)15(20)18-8-10-23-11-9-18/h1-3,12H,4-11H2. The molecule has 0 aliphatic carbocycles. The van der Waals surface area contributed by atoms with Crippen LogP contribution in [-0.2, 0) is 14.8 Å². The number of carbonyl (C=O) groups excluding carboxylic acids is 1. The molecule has 0 radical (unpaired) electrons. The van der Waals surface area contributed by atoms with Crippen molar-refractivity contribution in [2.75, 3.05) is 52.5 Å². The van der Waals surface area contributed by atoms with Crippen molar-refractivity contribution >= 4 is 32.0 Å². The smallest absolute Gasteiger partial charge is 0.320 e. The molecule has 1 aromatic carbocycles. The lowest BCUT2D eigenvalue weighted by molar-refractivity contribution is 0.0405. The second-order valence-corrected chi connectivity index (χ2v) is 8.58. The summed E-state index contributed by atoms with van der Waals surface area (Å²) in [4.78, 5) is 16.2. The largest absolute Gasteiger partial charge is 0.378 e. The summed E-state index contributed by atoms with van der Waals surface area (Å²) in [6, 6.07) is 6.65. The number of benzene rings is 1. The second-order valence-electron chi connectivity index (χ2n) is 5.73. The molecule has 0 aromatic heterocycles. The molecule has 9 heteroatoms. The van der Waals surface area contributed by atoms with Crippen LogP contribution in [0.5, 0.6) is 0 Å². The Morgan fingerprint density at radius 1 is 1.00 bits per heavy atom. The Balaban J connectivity index is 1.63. The predicted molar refractivity (Wildman–Crippen MR) is 92.3 cm³/mol. The van der Waals surface area contributed by atoms with Gasteiger partial charge in [0.1, 0.15) is 0 Å². The summed E-state index contributed by atoms with van der Waals surface area (Å²) in [7, 11) is -3.53. The number of morpholine rings is 1. The van der Waals surface area contributed by atoms with Gasteiger partial charge in [-0.1, -0.05) is 22.0 Å². The summed E-state index contributed by atoms with van der Waals surface area (Å²) in [5, 5.41) is 0. The van der Waals surface area contributed by atoms with Gasteiger partial charge in [-0.15, -0.1) is 0 Å². The molecule has 2 saturated heterocycles. The normalized spacial score (nSPS) is 20.2. The maximum Gasteiger partial charge on any atom is 0.320 e. The number of sulfonamides is 1. The Hall–Kier alpha value is -1.16. The van der Waals surface area contributed by atoms with Crippen molar-refractivity contribution in [3.8, 4) is 0 Å². The van der Waals surface area contributed by atoms with Crippen molar-refractivity contribution < 1.29 is 17.9 Å². The highest BCUT2D eigenvalue weighted by Crippen LogP contribution is 2.21. The number of urea groups is 1. The molecule has 2 fully saturated rings. The highest BCUT2D eigenvalue weighted by molar-refractivity contribution is 9.10. The predicted octanol–water partition coefficient (Wildman–Crippen LogP) is 1.21. The fourth-order valence-corrected chi connectivity index (χ4v) is 4.87. The number of nitrogens with zero attached hydrogens (tertiary/aromatic N) is 3. The molecule has 3 rings (SSSR count). The molecule has 1 aromatic rings. The molecule has 0 atom stereocenters. The van der Waals surface area contributed by atoms with E-state index in [9.17, 15) is 13.2 Å². The number of hydrogen-bond donors (Lipinski definition) is 0. The van der Waals surface area contributed by atoms with Crippen molar-refractivity contribution in [3.63, 3.8) is 0 Å². The maximum atomic E-state index is 12.7. The van der Waals surface area contributed by atoms with Gasteiger partial charge in [0.25, 0.3) is 0 Å². The number of carbonyl (C=O) groups is 1. The van der Waals surface area contributed by atoms with Crippen LogP contribution in [0.2, 0.25) is 0 Å². The topological polar surface area (TPSA) is 70.2 Å². The van der Waals surface area contributed by atoms with Crippen molar-refractivity contribution in [1.82, 2.24) is 14.1 Å². The van der Waals surface area contributed by atoms with Crippen LogP contribution in [0.4, 0.5) is 4.79 Å². The van der Waals surface area contributed by atoms with E-state index in [2.05, 4.69) is 15.9 Å². The zero-order valence-electron chi connectivity index (χ0n) is 13.2. The Morgan fingerprint density at radius 3 is 2.25 bits per heavy atom. The van der Waals surface area contributed by atoms with Crippen LogP contribution >= 0.6 is 15.9 Å². The van der Waals surface area contributed by atoms with E-state index in [0.29, 0.717) is 52.5 Å². The van der Waals surface area contributed by atoms with E-state index in [0.717, 1.165) is 4.47 Å². The number of piperazine rings is 1. The van der Waals surface area contributed by atoms with E-state index in [1.54, 1.807) is 34.1 Å². The minimum Gasteiger partial charge on any atom is -0.378 e. The lowest BCUT2D eigenvalue weighted by atomic mass is 10.3. The van der Waals surface area contributed by atoms with E-state index >= 15 is 0 Å². The molecular formula is C15H20BrN3O4S. The Kier molecular flexibility index (Phi) is 5.43. The fourth-order valence-electron chi connectivity index (χ4n) is 2.85. The van der Waals surface area contributed by atoms with Crippen LogP contribution in [0.1, 0.15) is 0 Å². The minimum absolute atomic E-state index is 0.0298. The third-order valence-electron chi connectivity index (χ3n) is 4.22. The van der Waals surface area contributed by atoms with Crippen molar-refractivity contribution in [1.29, 1.82) is 0 Å². The molecule has 132 valence electrons. The first kappa shape index (κ1) is 17.7. The van der Waals surface area contributed by atoms with Crippen LogP contribution in [0, 0.1) is 0 Å². The van der Waals surface area contributed by atoms with Gasteiger partial charge in [-0.3, -0.25) is 0 Å². The first-order chi connectivity index (χ1) is 11.5. The molecular weight excluding hydrogens is 398 g/mol. The average molecular weight is 418 g/mol. The van der Waals surface area contributed by atoms with Gasteiger partial charge in [0, 0.05) is 43.7 Å². The zero-order valence-corrected chi connectivity index (χ0v) is 15.6. The van der Waals surface area contributed by atoms with Gasteiger partial charge in [-0.05, 0) is 18.2 Å². The number of rotatable bonds is 2. The summed E-state index contributed by atoms with van der Waals surface area (Å²) in [6.45, 7) is 3.74. The van der Waals surface area contributed by atoms with Crippen LogP contribution in [-0.4, -0.2) is 81.0 Å². The summed E-state index contributed by atoms with van der Waals surface area (Å²) < 4.78 is 32.8. The fraction of sp³-hybridized carbons (Fsp3) is 0.533. The van der Waals surface area contributed by atoms with Crippen LogP contribution in [0.3, 0.4) is 0 Å². The zero-order chi connectivity index (χ0) is 17.2. The van der Waals surface area contributed by atoms with Gasteiger partial charge in [0.15, 0.2) is 0 Å². The van der Waals surface area contributed by atoms with E-state index < -0.39 is 10.0 Å². The van der Waals surface area contributed by atoms with Crippen LogP contribution < -0.4 is 0 Å². The molecule has 2 heterocycles. The van der Waals surface area contributed by atoms with Gasteiger partial charge in [0.05, 0.1) is 18.1 Å². The molecule has 7 nitrogen and oxygen atoms in total. The molecule has 24 heavy (non-hydrogen) atoms. The summed E-state index contributed by atoms with van der Waals surface area (Å²) >= 11 is 3.30. The Labute approximate surface area is 150 Å².